The molecule has 0 aliphatic carbocycles. The van der Waals surface area contributed by atoms with Gasteiger partial charge >= 0.3 is 17.6 Å². The molecule has 0 saturated carbocycles. The fourth-order valence-electron chi connectivity index (χ4n) is 2.13. The Morgan fingerprint density at radius 2 is 1.70 bits per heavy atom. The quantitative estimate of drug-likeness (QED) is 0.690. The van der Waals surface area contributed by atoms with Gasteiger partial charge in [0.15, 0.2) is 5.65 Å². The molecular weight excluding hydrogens is 370 g/mol. The summed E-state index contributed by atoms with van der Waals surface area (Å²) in [7, 11) is 0. The van der Waals surface area contributed by atoms with Gasteiger partial charge in [0, 0.05) is 10.7 Å². The molecule has 2 heterocycles. The number of halogens is 1. The van der Waals surface area contributed by atoms with E-state index in [-0.39, 0.29) is 26.3 Å². The van der Waals surface area contributed by atoms with Gasteiger partial charge in [0.1, 0.15) is 13.1 Å². The molecule has 0 bridgehead atoms. The van der Waals surface area contributed by atoms with E-state index in [1.807, 2.05) is 0 Å². The predicted octanol–water partition coefficient (Wildman–Crippen LogP) is 1.09. The van der Waals surface area contributed by atoms with Gasteiger partial charge in [-0.3, -0.25) is 18.7 Å². The molecule has 23 heavy (non-hydrogen) atoms. The number of aromatic nitrogens is 3. The molecule has 0 fully saturated rings. The highest BCUT2D eigenvalue weighted by molar-refractivity contribution is 9.10. The largest absolute Gasteiger partial charge is 0.465 e. The Labute approximate surface area is 140 Å². The Morgan fingerprint density at radius 1 is 1.13 bits per heavy atom. The molecule has 0 unspecified atom stereocenters. The van der Waals surface area contributed by atoms with Gasteiger partial charge in [-0.25, -0.2) is 9.78 Å². The zero-order valence-electron chi connectivity index (χ0n) is 12.7. The molecule has 2 aromatic rings. The van der Waals surface area contributed by atoms with Crippen molar-refractivity contribution < 1.29 is 19.1 Å². The molecule has 2 rings (SSSR count). The average molecular weight is 386 g/mol. The van der Waals surface area contributed by atoms with Crippen LogP contribution in [0.4, 0.5) is 0 Å². The van der Waals surface area contributed by atoms with Crippen LogP contribution in [0.25, 0.3) is 11.2 Å². The molecule has 0 aliphatic heterocycles. The summed E-state index contributed by atoms with van der Waals surface area (Å²) in [6.45, 7) is 3.28. The summed E-state index contributed by atoms with van der Waals surface area (Å²) in [4.78, 5) is 40.1. The van der Waals surface area contributed by atoms with E-state index in [1.165, 1.54) is 15.3 Å². The van der Waals surface area contributed by atoms with E-state index in [0.29, 0.717) is 15.6 Å². The van der Waals surface area contributed by atoms with Crippen LogP contribution in [-0.2, 0) is 32.2 Å². The van der Waals surface area contributed by atoms with Crippen molar-refractivity contribution in [3.8, 4) is 0 Å². The lowest BCUT2D eigenvalue weighted by molar-refractivity contribution is -0.144. The fourth-order valence-corrected chi connectivity index (χ4v) is 2.45. The number of fused-ring (bicyclic) bond motifs is 1. The highest BCUT2D eigenvalue weighted by Crippen LogP contribution is 2.17. The maximum absolute atomic E-state index is 12.5. The monoisotopic (exact) mass is 385 g/mol. The molecule has 2 aromatic heterocycles. The van der Waals surface area contributed by atoms with Crippen molar-refractivity contribution in [2.75, 3.05) is 13.2 Å². The number of imidazole rings is 1. The molecule has 0 spiro atoms. The second kappa shape index (κ2) is 7.40. The van der Waals surface area contributed by atoms with E-state index in [4.69, 9.17) is 9.47 Å². The van der Waals surface area contributed by atoms with Gasteiger partial charge in [-0.1, -0.05) is 0 Å². The number of esters is 2. The molecule has 0 saturated heterocycles. The summed E-state index contributed by atoms with van der Waals surface area (Å²) in [5.41, 5.74) is 0.212. The van der Waals surface area contributed by atoms with E-state index < -0.39 is 17.6 Å². The number of ether oxygens (including phenoxy) is 2. The Hall–Kier alpha value is -2.16. The van der Waals surface area contributed by atoms with Crippen LogP contribution in [0.5, 0.6) is 0 Å². The third-order valence-corrected chi connectivity index (χ3v) is 3.44. The van der Waals surface area contributed by atoms with Gasteiger partial charge in [-0.2, -0.15) is 0 Å². The van der Waals surface area contributed by atoms with Gasteiger partial charge in [-0.05, 0) is 35.8 Å². The summed E-state index contributed by atoms with van der Waals surface area (Å²) in [6.07, 6.45) is 1.51. The van der Waals surface area contributed by atoms with E-state index in [0.717, 1.165) is 0 Å². The van der Waals surface area contributed by atoms with Crippen molar-refractivity contribution in [3.05, 3.63) is 27.2 Å². The first-order valence-electron chi connectivity index (χ1n) is 7.03. The Balaban J connectivity index is 2.51. The van der Waals surface area contributed by atoms with Crippen molar-refractivity contribution in [3.63, 3.8) is 0 Å². The molecule has 9 heteroatoms. The van der Waals surface area contributed by atoms with Gasteiger partial charge in [0.25, 0.3) is 0 Å². The zero-order valence-corrected chi connectivity index (χ0v) is 14.3. The van der Waals surface area contributed by atoms with Crippen LogP contribution < -0.4 is 5.69 Å². The number of carbonyl (C=O) groups is 2. The second-order valence-corrected chi connectivity index (χ2v) is 5.48. The normalized spacial score (nSPS) is 10.7. The van der Waals surface area contributed by atoms with Gasteiger partial charge < -0.3 is 9.47 Å². The summed E-state index contributed by atoms with van der Waals surface area (Å²) < 4.78 is 12.8. The lowest BCUT2D eigenvalue weighted by Gasteiger charge is -2.03. The van der Waals surface area contributed by atoms with Crippen LogP contribution in [-0.4, -0.2) is 39.3 Å². The van der Waals surface area contributed by atoms with Gasteiger partial charge in [0.2, 0.25) is 0 Å². The topological polar surface area (TPSA) is 92.4 Å². The summed E-state index contributed by atoms with van der Waals surface area (Å²) in [5.74, 6) is -1.08. The fraction of sp³-hybridized carbons (Fsp3) is 0.429. The van der Waals surface area contributed by atoms with Crippen LogP contribution >= 0.6 is 15.9 Å². The molecule has 0 atom stereocenters. The highest BCUT2D eigenvalue weighted by Gasteiger charge is 2.19. The number of hydrogen-bond acceptors (Lipinski definition) is 6. The zero-order chi connectivity index (χ0) is 17.0. The number of nitrogens with zero attached hydrogens (tertiary/aromatic N) is 3. The smallest absolute Gasteiger partial charge is 0.331 e. The number of rotatable bonds is 6. The van der Waals surface area contributed by atoms with Crippen molar-refractivity contribution in [1.29, 1.82) is 0 Å². The summed E-state index contributed by atoms with van der Waals surface area (Å²) in [6, 6.07) is 1.66. The highest BCUT2D eigenvalue weighted by atomic mass is 79.9. The Morgan fingerprint density at radius 3 is 2.26 bits per heavy atom. The van der Waals surface area contributed by atoms with Gasteiger partial charge in [-0.15, -0.1) is 0 Å². The number of pyridine rings is 1. The second-order valence-electron chi connectivity index (χ2n) is 4.56. The van der Waals surface area contributed by atoms with Gasteiger partial charge in [0.05, 0.1) is 18.7 Å². The minimum absolute atomic E-state index is 0.216. The van der Waals surface area contributed by atoms with Crippen LogP contribution in [0.2, 0.25) is 0 Å². The first-order valence-corrected chi connectivity index (χ1v) is 7.83. The van der Waals surface area contributed by atoms with Crippen molar-refractivity contribution in [1.82, 2.24) is 14.1 Å². The molecule has 0 amide bonds. The van der Waals surface area contributed by atoms with Crippen LogP contribution in [0.1, 0.15) is 13.8 Å². The average Bonchev–Trinajstić information content (AvgIpc) is 2.73. The van der Waals surface area contributed by atoms with Crippen LogP contribution in [0, 0.1) is 0 Å². The lowest BCUT2D eigenvalue weighted by Crippen LogP contribution is -2.30. The number of hydrogen-bond donors (Lipinski definition) is 0. The third kappa shape index (κ3) is 3.79. The minimum Gasteiger partial charge on any atom is -0.465 e. The molecule has 8 nitrogen and oxygen atoms in total. The molecule has 0 aliphatic rings. The number of carbonyl (C=O) groups excluding carboxylic acids is 2. The predicted molar refractivity (Wildman–Crippen MR) is 85.0 cm³/mol. The van der Waals surface area contributed by atoms with Crippen molar-refractivity contribution >= 4 is 39.0 Å². The minimum atomic E-state index is -0.547. The van der Waals surface area contributed by atoms with E-state index in [9.17, 15) is 14.4 Å². The van der Waals surface area contributed by atoms with Crippen LogP contribution in [0.3, 0.4) is 0 Å². The van der Waals surface area contributed by atoms with Crippen molar-refractivity contribution in [2.24, 2.45) is 0 Å². The summed E-state index contributed by atoms with van der Waals surface area (Å²) >= 11 is 3.28. The Bertz CT molecular complexity index is 796. The molecule has 124 valence electrons. The van der Waals surface area contributed by atoms with E-state index >= 15 is 0 Å². The SMILES string of the molecule is CCOC(=O)Cn1c(=O)n(CC(=O)OCC)c2ncc(Br)cc21. The van der Waals surface area contributed by atoms with E-state index in [1.54, 1.807) is 19.9 Å². The Kier molecular flexibility index (Phi) is 5.54. The maximum Gasteiger partial charge on any atom is 0.331 e. The third-order valence-electron chi connectivity index (χ3n) is 3.01. The lowest BCUT2D eigenvalue weighted by atomic mass is 10.4. The maximum atomic E-state index is 12.5. The van der Waals surface area contributed by atoms with Crippen molar-refractivity contribution in [2.45, 2.75) is 26.9 Å². The first kappa shape index (κ1) is 17.2. The molecule has 0 N–H and O–H groups in total. The molecule has 0 aromatic carbocycles. The molecule has 0 radical (unpaired) electrons. The first-order chi connectivity index (χ1) is 11.0. The standard InChI is InChI=1S/C14H16BrN3O5/c1-3-22-11(19)7-17-10-5-9(15)6-16-13(10)18(14(17)21)8-12(20)23-4-2/h5-6H,3-4,7-8H2,1-2H3. The van der Waals surface area contributed by atoms with Crippen LogP contribution in [0.15, 0.2) is 21.5 Å². The molecular formula is C14H16BrN3O5. The summed E-state index contributed by atoms with van der Waals surface area (Å²) in [5, 5.41) is 0. The van der Waals surface area contributed by atoms with E-state index in [2.05, 4.69) is 20.9 Å².